The van der Waals surface area contributed by atoms with Crippen molar-refractivity contribution in [3.63, 3.8) is 0 Å². The topological polar surface area (TPSA) is 58.0 Å². The Morgan fingerprint density at radius 2 is 1.67 bits per heavy atom. The molecule has 0 atom stereocenters. The minimum atomic E-state index is 0. The van der Waals surface area contributed by atoms with Gasteiger partial charge in [0, 0.05) is 10.6 Å². The van der Waals surface area contributed by atoms with Crippen molar-refractivity contribution in [1.82, 2.24) is 9.97 Å². The van der Waals surface area contributed by atoms with E-state index >= 15 is 0 Å². The summed E-state index contributed by atoms with van der Waals surface area (Å²) in [7, 11) is 0. The van der Waals surface area contributed by atoms with Gasteiger partial charge in [0.15, 0.2) is 0 Å². The van der Waals surface area contributed by atoms with Crippen LogP contribution in [0.4, 0.5) is 11.5 Å². The number of nitrogens with one attached hydrogen (secondary N) is 1. The van der Waals surface area contributed by atoms with Crippen molar-refractivity contribution in [3.8, 4) is 16.2 Å². The molecule has 0 radical (unpaired) electrons. The molecule has 0 fully saturated rings. The molecule has 2 heterocycles. The lowest BCUT2D eigenvalue weighted by Crippen LogP contribution is -1.94. The van der Waals surface area contributed by atoms with Gasteiger partial charge in [0.2, 0.25) is 0 Å². The Morgan fingerprint density at radius 3 is 2.42 bits per heavy atom. The Balaban J connectivity index is 0.00000169. The number of halogens is 1. The van der Waals surface area contributed by atoms with Crippen molar-refractivity contribution in [3.05, 3.63) is 67.0 Å². The molecule has 0 amide bonds. The lowest BCUT2D eigenvalue weighted by Gasteiger charge is -2.06. The van der Waals surface area contributed by atoms with Gasteiger partial charge >= 0.3 is 0 Å². The third-order valence-corrected chi connectivity index (χ3v) is 4.61. The number of aromatic hydroxyl groups is 1. The summed E-state index contributed by atoms with van der Waals surface area (Å²) >= 11 is 1.65. The van der Waals surface area contributed by atoms with Crippen molar-refractivity contribution >= 4 is 45.5 Å². The summed E-state index contributed by atoms with van der Waals surface area (Å²) in [6, 6.07) is 19.3. The van der Waals surface area contributed by atoms with E-state index in [0.29, 0.717) is 0 Å². The summed E-state index contributed by atoms with van der Waals surface area (Å²) in [6.45, 7) is 0. The lowest BCUT2D eigenvalue weighted by atomic mass is 10.2. The number of nitrogens with zero attached hydrogens (tertiary/aromatic N) is 2. The normalized spacial score (nSPS) is 10.3. The highest BCUT2D eigenvalue weighted by Crippen LogP contribution is 2.35. The van der Waals surface area contributed by atoms with Crippen LogP contribution in [0.25, 0.3) is 20.7 Å². The lowest BCUT2D eigenvalue weighted by molar-refractivity contribution is 0.475. The van der Waals surface area contributed by atoms with E-state index in [-0.39, 0.29) is 18.2 Å². The second-order valence-electron chi connectivity index (χ2n) is 5.09. The maximum absolute atomic E-state index is 9.37. The largest absolute Gasteiger partial charge is 0.508 e. The number of hydrogen-bond donors (Lipinski definition) is 2. The Hall–Kier alpha value is -2.63. The Bertz CT molecular complexity index is 955. The van der Waals surface area contributed by atoms with Gasteiger partial charge in [0.1, 0.15) is 22.7 Å². The first-order valence-corrected chi connectivity index (χ1v) is 7.97. The second-order valence-corrected chi connectivity index (χ2v) is 6.12. The Labute approximate surface area is 149 Å². The molecule has 4 rings (SSSR count). The predicted octanol–water partition coefficient (Wildman–Crippen LogP) is 5.23. The van der Waals surface area contributed by atoms with Crippen molar-refractivity contribution in [2.24, 2.45) is 0 Å². The van der Waals surface area contributed by atoms with Gasteiger partial charge in [-0.3, -0.25) is 0 Å². The molecular formula is C18H14ClN3OS. The average molecular weight is 356 g/mol. The van der Waals surface area contributed by atoms with Crippen molar-refractivity contribution in [2.45, 2.75) is 0 Å². The van der Waals surface area contributed by atoms with Crippen LogP contribution >= 0.6 is 23.7 Å². The highest BCUT2D eigenvalue weighted by molar-refractivity contribution is 7.21. The van der Waals surface area contributed by atoms with E-state index in [1.54, 1.807) is 29.8 Å². The maximum Gasteiger partial charge on any atom is 0.142 e. The minimum absolute atomic E-state index is 0. The van der Waals surface area contributed by atoms with Gasteiger partial charge in [0.05, 0.1) is 5.39 Å². The quantitative estimate of drug-likeness (QED) is 0.494. The third kappa shape index (κ3) is 3.18. The number of fused-ring (bicyclic) bond motifs is 1. The van der Waals surface area contributed by atoms with E-state index in [1.165, 1.54) is 5.56 Å². The average Bonchev–Trinajstić information content (AvgIpc) is 3.03. The van der Waals surface area contributed by atoms with Crippen LogP contribution in [0, 0.1) is 0 Å². The van der Waals surface area contributed by atoms with E-state index in [1.807, 2.05) is 30.3 Å². The van der Waals surface area contributed by atoms with Gasteiger partial charge in [-0.15, -0.1) is 23.7 Å². The van der Waals surface area contributed by atoms with Crippen LogP contribution < -0.4 is 5.32 Å². The van der Waals surface area contributed by atoms with Crippen molar-refractivity contribution in [2.75, 3.05) is 5.32 Å². The molecule has 0 unspecified atom stereocenters. The molecular weight excluding hydrogens is 342 g/mol. The van der Waals surface area contributed by atoms with Crippen LogP contribution in [0.2, 0.25) is 0 Å². The molecule has 4 aromatic rings. The van der Waals surface area contributed by atoms with E-state index in [0.717, 1.165) is 26.6 Å². The summed E-state index contributed by atoms with van der Waals surface area (Å²) in [4.78, 5) is 10.8. The molecule has 120 valence electrons. The molecule has 0 saturated heterocycles. The Morgan fingerprint density at radius 1 is 0.917 bits per heavy atom. The van der Waals surface area contributed by atoms with E-state index in [2.05, 4.69) is 33.5 Å². The zero-order valence-electron chi connectivity index (χ0n) is 12.5. The molecule has 0 aliphatic heterocycles. The summed E-state index contributed by atoms with van der Waals surface area (Å²) in [5.74, 6) is 1.00. The van der Waals surface area contributed by atoms with Crippen molar-refractivity contribution < 1.29 is 5.11 Å². The molecule has 24 heavy (non-hydrogen) atoms. The first-order valence-electron chi connectivity index (χ1n) is 7.15. The van der Waals surface area contributed by atoms with Crippen LogP contribution in [0.15, 0.2) is 67.0 Å². The number of benzene rings is 2. The molecule has 2 aromatic carbocycles. The van der Waals surface area contributed by atoms with Crippen LogP contribution in [0.1, 0.15) is 0 Å². The standard InChI is InChI=1S/C18H13N3OS.ClH/c22-14-8-6-13(7-9-14)21-17-15-10-16(12-4-2-1-3-5-12)23-18(15)20-11-19-17;/h1-11,22H,(H,19,20,21);1H. The van der Waals surface area contributed by atoms with E-state index in [9.17, 15) is 5.11 Å². The van der Waals surface area contributed by atoms with Gasteiger partial charge in [-0.25, -0.2) is 9.97 Å². The van der Waals surface area contributed by atoms with Gasteiger partial charge < -0.3 is 10.4 Å². The van der Waals surface area contributed by atoms with Gasteiger partial charge in [-0.1, -0.05) is 30.3 Å². The Kier molecular flexibility index (Phi) is 4.64. The fourth-order valence-corrected chi connectivity index (χ4v) is 3.39. The van der Waals surface area contributed by atoms with Crippen LogP contribution in [0.3, 0.4) is 0 Å². The summed E-state index contributed by atoms with van der Waals surface area (Å²) in [6.07, 6.45) is 1.57. The molecule has 0 aliphatic carbocycles. The highest BCUT2D eigenvalue weighted by Gasteiger charge is 2.10. The number of rotatable bonds is 3. The highest BCUT2D eigenvalue weighted by atomic mass is 35.5. The fourth-order valence-electron chi connectivity index (χ4n) is 2.38. The summed E-state index contributed by atoms with van der Waals surface area (Å²) in [5, 5.41) is 13.6. The predicted molar refractivity (Wildman–Crippen MR) is 101 cm³/mol. The number of thiophene rings is 1. The number of anilines is 2. The second kappa shape index (κ2) is 6.86. The zero-order chi connectivity index (χ0) is 15.6. The summed E-state index contributed by atoms with van der Waals surface area (Å²) < 4.78 is 0. The van der Waals surface area contributed by atoms with Gasteiger partial charge in [-0.2, -0.15) is 0 Å². The maximum atomic E-state index is 9.37. The molecule has 2 aromatic heterocycles. The fraction of sp³-hybridized carbons (Fsp3) is 0. The van der Waals surface area contributed by atoms with E-state index < -0.39 is 0 Å². The van der Waals surface area contributed by atoms with E-state index in [4.69, 9.17) is 0 Å². The minimum Gasteiger partial charge on any atom is -0.508 e. The molecule has 2 N–H and O–H groups in total. The smallest absolute Gasteiger partial charge is 0.142 e. The monoisotopic (exact) mass is 355 g/mol. The first kappa shape index (κ1) is 16.2. The molecule has 6 heteroatoms. The molecule has 0 aliphatic rings. The molecule has 4 nitrogen and oxygen atoms in total. The zero-order valence-corrected chi connectivity index (χ0v) is 14.1. The SMILES string of the molecule is Cl.Oc1ccc(Nc2ncnc3sc(-c4ccccc4)cc23)cc1. The first-order chi connectivity index (χ1) is 11.3. The van der Waals surface area contributed by atoms with Crippen LogP contribution in [0.5, 0.6) is 5.75 Å². The number of phenols is 1. The van der Waals surface area contributed by atoms with Crippen LogP contribution in [-0.2, 0) is 0 Å². The third-order valence-electron chi connectivity index (χ3n) is 3.52. The number of phenolic OH excluding ortho intramolecular Hbond substituents is 1. The molecule has 0 saturated carbocycles. The summed E-state index contributed by atoms with van der Waals surface area (Å²) in [5.41, 5.74) is 2.04. The van der Waals surface area contributed by atoms with Crippen molar-refractivity contribution in [1.29, 1.82) is 0 Å². The van der Waals surface area contributed by atoms with Crippen LogP contribution in [-0.4, -0.2) is 15.1 Å². The number of aromatic nitrogens is 2. The molecule has 0 bridgehead atoms. The van der Waals surface area contributed by atoms with Gasteiger partial charge in [-0.05, 0) is 35.9 Å². The van der Waals surface area contributed by atoms with Gasteiger partial charge in [0.25, 0.3) is 0 Å². The molecule has 0 spiro atoms. The number of hydrogen-bond acceptors (Lipinski definition) is 5.